The second kappa shape index (κ2) is 4.58. The SMILES string of the molecule is CC(C)(C)[C@@H](N)C(=O)N1CCN(C2CC2)CC1. The number of piperazine rings is 1. The van der Waals surface area contributed by atoms with Gasteiger partial charge in [-0.05, 0) is 18.3 Å². The molecule has 1 aliphatic heterocycles. The van der Waals surface area contributed by atoms with Crippen molar-refractivity contribution < 1.29 is 4.79 Å². The maximum absolute atomic E-state index is 12.2. The lowest BCUT2D eigenvalue weighted by molar-refractivity contribution is -0.136. The average molecular weight is 239 g/mol. The minimum Gasteiger partial charge on any atom is -0.339 e. The monoisotopic (exact) mass is 239 g/mol. The van der Waals surface area contributed by atoms with Crippen molar-refractivity contribution in [1.29, 1.82) is 0 Å². The van der Waals surface area contributed by atoms with Gasteiger partial charge in [-0.2, -0.15) is 0 Å². The second-order valence-corrected chi connectivity index (χ2v) is 6.44. The molecule has 0 aromatic heterocycles. The van der Waals surface area contributed by atoms with Crippen LogP contribution in [0, 0.1) is 5.41 Å². The van der Waals surface area contributed by atoms with Crippen LogP contribution in [-0.4, -0.2) is 54.0 Å². The van der Waals surface area contributed by atoms with Gasteiger partial charge in [0.15, 0.2) is 0 Å². The molecule has 1 saturated carbocycles. The molecule has 98 valence electrons. The Hall–Kier alpha value is -0.610. The van der Waals surface area contributed by atoms with E-state index >= 15 is 0 Å². The van der Waals surface area contributed by atoms with Gasteiger partial charge in [-0.3, -0.25) is 9.69 Å². The summed E-state index contributed by atoms with van der Waals surface area (Å²) in [5, 5.41) is 0. The molecule has 0 spiro atoms. The van der Waals surface area contributed by atoms with Crippen LogP contribution in [0.3, 0.4) is 0 Å². The Balaban J connectivity index is 1.85. The first-order valence-electron chi connectivity index (χ1n) is 6.68. The van der Waals surface area contributed by atoms with E-state index in [2.05, 4.69) is 4.90 Å². The highest BCUT2D eigenvalue weighted by molar-refractivity contribution is 5.82. The minimum absolute atomic E-state index is 0.118. The molecule has 0 aromatic rings. The quantitative estimate of drug-likeness (QED) is 0.770. The zero-order valence-corrected chi connectivity index (χ0v) is 11.3. The summed E-state index contributed by atoms with van der Waals surface area (Å²) in [6, 6.07) is 0.429. The molecule has 2 aliphatic rings. The average Bonchev–Trinajstić information content (AvgIpc) is 3.10. The maximum atomic E-state index is 12.2. The zero-order valence-electron chi connectivity index (χ0n) is 11.3. The number of hydrogen-bond acceptors (Lipinski definition) is 3. The van der Waals surface area contributed by atoms with E-state index < -0.39 is 0 Å². The number of carbonyl (C=O) groups excluding carboxylic acids is 1. The third-order valence-corrected chi connectivity index (χ3v) is 3.89. The Morgan fingerprint density at radius 1 is 1.18 bits per heavy atom. The summed E-state index contributed by atoms with van der Waals surface area (Å²) in [5.41, 5.74) is 5.88. The van der Waals surface area contributed by atoms with Crippen LogP contribution in [-0.2, 0) is 4.79 Å². The number of nitrogens with zero attached hydrogens (tertiary/aromatic N) is 2. The largest absolute Gasteiger partial charge is 0.339 e. The predicted molar refractivity (Wildman–Crippen MR) is 68.6 cm³/mol. The second-order valence-electron chi connectivity index (χ2n) is 6.44. The van der Waals surface area contributed by atoms with E-state index in [1.807, 2.05) is 25.7 Å². The molecular formula is C13H25N3O. The van der Waals surface area contributed by atoms with Crippen molar-refractivity contribution in [2.75, 3.05) is 26.2 Å². The van der Waals surface area contributed by atoms with E-state index in [0.29, 0.717) is 0 Å². The topological polar surface area (TPSA) is 49.6 Å². The molecule has 2 rings (SSSR count). The van der Waals surface area contributed by atoms with E-state index in [1.165, 1.54) is 12.8 Å². The van der Waals surface area contributed by atoms with Gasteiger partial charge in [0.05, 0.1) is 6.04 Å². The van der Waals surface area contributed by atoms with Gasteiger partial charge in [-0.25, -0.2) is 0 Å². The normalized spacial score (nSPS) is 24.8. The van der Waals surface area contributed by atoms with Gasteiger partial charge in [0, 0.05) is 32.2 Å². The first kappa shape index (κ1) is 12.8. The number of nitrogens with two attached hydrogens (primary N) is 1. The van der Waals surface area contributed by atoms with Crippen LogP contribution in [0.15, 0.2) is 0 Å². The van der Waals surface area contributed by atoms with Crippen LogP contribution in [0.4, 0.5) is 0 Å². The lowest BCUT2D eigenvalue weighted by atomic mass is 9.86. The molecule has 17 heavy (non-hydrogen) atoms. The lowest BCUT2D eigenvalue weighted by Crippen LogP contribution is -2.56. The molecule has 0 unspecified atom stereocenters. The zero-order chi connectivity index (χ0) is 12.6. The molecular weight excluding hydrogens is 214 g/mol. The summed E-state index contributed by atoms with van der Waals surface area (Å²) in [6.07, 6.45) is 2.69. The van der Waals surface area contributed by atoms with Crippen LogP contribution >= 0.6 is 0 Å². The Morgan fingerprint density at radius 2 is 1.71 bits per heavy atom. The van der Waals surface area contributed by atoms with Crippen LogP contribution in [0.2, 0.25) is 0 Å². The van der Waals surface area contributed by atoms with Crippen molar-refractivity contribution in [3.8, 4) is 0 Å². The summed E-state index contributed by atoms with van der Waals surface area (Å²) in [4.78, 5) is 16.7. The van der Waals surface area contributed by atoms with Gasteiger partial charge < -0.3 is 10.6 Å². The third kappa shape index (κ3) is 2.99. The molecule has 0 bridgehead atoms. The summed E-state index contributed by atoms with van der Waals surface area (Å²) < 4.78 is 0. The number of hydrogen-bond donors (Lipinski definition) is 1. The van der Waals surface area contributed by atoms with Crippen molar-refractivity contribution in [1.82, 2.24) is 9.80 Å². The number of rotatable bonds is 2. The van der Waals surface area contributed by atoms with Crippen LogP contribution in [0.1, 0.15) is 33.6 Å². The first-order chi connectivity index (χ1) is 7.89. The highest BCUT2D eigenvalue weighted by Crippen LogP contribution is 2.28. The molecule has 1 atom stereocenters. The number of carbonyl (C=O) groups is 1. The van der Waals surface area contributed by atoms with Gasteiger partial charge in [0.1, 0.15) is 0 Å². The fourth-order valence-electron chi connectivity index (χ4n) is 2.31. The van der Waals surface area contributed by atoms with E-state index in [-0.39, 0.29) is 17.4 Å². The van der Waals surface area contributed by atoms with Gasteiger partial charge >= 0.3 is 0 Å². The standard InChI is InChI=1S/C13H25N3O/c1-13(2,3)11(14)12(17)16-8-6-15(7-9-16)10-4-5-10/h10-11H,4-9,14H2,1-3H3/t11-/m0/s1. The van der Waals surface area contributed by atoms with Crippen molar-refractivity contribution in [2.45, 2.75) is 45.7 Å². The smallest absolute Gasteiger partial charge is 0.240 e. The molecule has 0 radical (unpaired) electrons. The molecule has 4 heteroatoms. The highest BCUT2D eigenvalue weighted by Gasteiger charge is 2.35. The first-order valence-corrected chi connectivity index (χ1v) is 6.68. The Bertz CT molecular complexity index is 286. The molecule has 1 heterocycles. The minimum atomic E-state index is -0.380. The third-order valence-electron chi connectivity index (χ3n) is 3.89. The lowest BCUT2D eigenvalue weighted by Gasteiger charge is -2.38. The molecule has 4 nitrogen and oxygen atoms in total. The van der Waals surface area contributed by atoms with Crippen LogP contribution in [0.5, 0.6) is 0 Å². The van der Waals surface area contributed by atoms with Crippen LogP contribution < -0.4 is 5.73 Å². The van der Waals surface area contributed by atoms with Crippen molar-refractivity contribution in [3.63, 3.8) is 0 Å². The number of amides is 1. The molecule has 1 saturated heterocycles. The molecule has 1 aliphatic carbocycles. The van der Waals surface area contributed by atoms with E-state index in [1.54, 1.807) is 0 Å². The van der Waals surface area contributed by atoms with Gasteiger partial charge in [0.2, 0.25) is 5.91 Å². The van der Waals surface area contributed by atoms with Gasteiger partial charge in [-0.1, -0.05) is 20.8 Å². The summed E-state index contributed by atoms with van der Waals surface area (Å²) >= 11 is 0. The van der Waals surface area contributed by atoms with Crippen molar-refractivity contribution in [2.24, 2.45) is 11.1 Å². The molecule has 1 amide bonds. The van der Waals surface area contributed by atoms with Gasteiger partial charge in [0.25, 0.3) is 0 Å². The van der Waals surface area contributed by atoms with Crippen LogP contribution in [0.25, 0.3) is 0 Å². The Labute approximate surface area is 104 Å². The van der Waals surface area contributed by atoms with E-state index in [4.69, 9.17) is 5.73 Å². The predicted octanol–water partition coefficient (Wildman–Crippen LogP) is 0.666. The molecule has 2 fully saturated rings. The van der Waals surface area contributed by atoms with Gasteiger partial charge in [-0.15, -0.1) is 0 Å². The Morgan fingerprint density at radius 3 is 2.12 bits per heavy atom. The molecule has 0 aromatic carbocycles. The molecule has 2 N–H and O–H groups in total. The summed E-state index contributed by atoms with van der Waals surface area (Å²) in [5.74, 6) is 0.118. The fourth-order valence-corrected chi connectivity index (χ4v) is 2.31. The van der Waals surface area contributed by atoms with Crippen molar-refractivity contribution in [3.05, 3.63) is 0 Å². The van der Waals surface area contributed by atoms with E-state index in [9.17, 15) is 4.79 Å². The van der Waals surface area contributed by atoms with Crippen molar-refractivity contribution >= 4 is 5.91 Å². The fraction of sp³-hybridized carbons (Fsp3) is 0.923. The summed E-state index contributed by atoms with van der Waals surface area (Å²) in [6.45, 7) is 9.81. The van der Waals surface area contributed by atoms with E-state index in [0.717, 1.165) is 32.2 Å². The maximum Gasteiger partial charge on any atom is 0.240 e. The Kier molecular flexibility index (Phi) is 3.46. The highest BCUT2D eigenvalue weighted by atomic mass is 16.2. The summed E-state index contributed by atoms with van der Waals surface area (Å²) in [7, 11) is 0.